The predicted octanol–water partition coefficient (Wildman–Crippen LogP) is 5.47. The summed E-state index contributed by atoms with van der Waals surface area (Å²) in [5.41, 5.74) is -0.222. The van der Waals surface area contributed by atoms with Gasteiger partial charge in [0.1, 0.15) is 5.75 Å². The fourth-order valence-electron chi connectivity index (χ4n) is 3.26. The summed E-state index contributed by atoms with van der Waals surface area (Å²) >= 11 is 5.99. The van der Waals surface area contributed by atoms with Crippen LogP contribution >= 0.6 is 11.6 Å². The Kier molecular flexibility index (Phi) is 7.07. The summed E-state index contributed by atoms with van der Waals surface area (Å²) in [6, 6.07) is 16.9. The molecule has 0 N–H and O–H groups in total. The van der Waals surface area contributed by atoms with Gasteiger partial charge in [-0.15, -0.1) is 0 Å². The smallest absolute Gasteiger partial charge is 0.417 e. The van der Waals surface area contributed by atoms with Gasteiger partial charge < -0.3 is 9.47 Å². The number of carbonyl (C=O) groups is 1. The molecule has 0 fully saturated rings. The lowest BCUT2D eigenvalue weighted by Gasteiger charge is -2.12. The van der Waals surface area contributed by atoms with E-state index in [1.807, 2.05) is 0 Å². The van der Waals surface area contributed by atoms with Crippen LogP contribution in [0.3, 0.4) is 0 Å². The summed E-state index contributed by atoms with van der Waals surface area (Å²) in [7, 11) is 1.18. The van der Waals surface area contributed by atoms with Crippen LogP contribution in [0.15, 0.2) is 77.7 Å². The van der Waals surface area contributed by atoms with E-state index in [2.05, 4.69) is 10.1 Å². The Morgan fingerprint density at radius 2 is 1.75 bits per heavy atom. The first-order valence-electron chi connectivity index (χ1n) is 10.4. The molecule has 0 spiro atoms. The number of nitrogens with zero attached hydrogens (tertiary/aromatic N) is 3. The zero-order valence-corrected chi connectivity index (χ0v) is 19.4. The van der Waals surface area contributed by atoms with Gasteiger partial charge in [-0.05, 0) is 35.9 Å². The number of carbonyl (C=O) groups excluding carboxylic acids is 1. The third-order valence-electron chi connectivity index (χ3n) is 5.04. The summed E-state index contributed by atoms with van der Waals surface area (Å²) in [5, 5.41) is 4.02. The molecular formula is C25H17ClF3N3O4. The second-order valence-electron chi connectivity index (χ2n) is 7.51. The zero-order valence-electron chi connectivity index (χ0n) is 18.6. The van der Waals surface area contributed by atoms with Crippen LogP contribution < -0.4 is 10.3 Å². The summed E-state index contributed by atoms with van der Waals surface area (Å²) < 4.78 is 50.0. The number of alkyl halides is 3. The second-order valence-corrected chi connectivity index (χ2v) is 7.91. The van der Waals surface area contributed by atoms with Crippen molar-refractivity contribution in [2.45, 2.75) is 12.6 Å². The SMILES string of the molecule is COC(=O)c1nn(-c2ccccc2)c(=O)cc1Oc1ccc(Cc2ncc(C(F)(F)F)cc2Cl)cc1. The van der Waals surface area contributed by atoms with Gasteiger partial charge in [0.05, 0.1) is 35.1 Å². The third-order valence-corrected chi connectivity index (χ3v) is 5.37. The predicted molar refractivity (Wildman–Crippen MR) is 125 cm³/mol. The maximum atomic E-state index is 12.8. The average Bonchev–Trinajstić information content (AvgIpc) is 2.86. The van der Waals surface area contributed by atoms with Crippen LogP contribution in [0.5, 0.6) is 11.5 Å². The van der Waals surface area contributed by atoms with Crippen LogP contribution in [-0.2, 0) is 17.3 Å². The molecule has 2 aromatic carbocycles. The van der Waals surface area contributed by atoms with Gasteiger partial charge in [0.25, 0.3) is 5.56 Å². The van der Waals surface area contributed by atoms with Gasteiger partial charge in [-0.1, -0.05) is 41.9 Å². The molecule has 0 saturated carbocycles. The molecule has 0 atom stereocenters. The number of halogens is 4. The van der Waals surface area contributed by atoms with E-state index in [-0.39, 0.29) is 34.3 Å². The van der Waals surface area contributed by atoms with E-state index in [9.17, 15) is 22.8 Å². The van der Waals surface area contributed by atoms with Crippen molar-refractivity contribution in [3.05, 3.63) is 111 Å². The normalized spacial score (nSPS) is 11.2. The zero-order chi connectivity index (χ0) is 25.9. The van der Waals surface area contributed by atoms with Crippen molar-refractivity contribution in [1.82, 2.24) is 14.8 Å². The molecule has 2 heterocycles. The summed E-state index contributed by atoms with van der Waals surface area (Å²) in [6.45, 7) is 0. The molecule has 4 aromatic rings. The number of hydrogen-bond donors (Lipinski definition) is 0. The first-order valence-corrected chi connectivity index (χ1v) is 10.8. The van der Waals surface area contributed by atoms with Crippen LogP contribution in [0.2, 0.25) is 5.02 Å². The van der Waals surface area contributed by atoms with Crippen molar-refractivity contribution in [2.75, 3.05) is 7.11 Å². The van der Waals surface area contributed by atoms with E-state index in [0.717, 1.165) is 23.0 Å². The topological polar surface area (TPSA) is 83.3 Å². The lowest BCUT2D eigenvalue weighted by Crippen LogP contribution is -2.24. The highest BCUT2D eigenvalue weighted by Crippen LogP contribution is 2.32. The first-order chi connectivity index (χ1) is 17.2. The molecule has 0 saturated heterocycles. The number of pyridine rings is 1. The van der Waals surface area contributed by atoms with Crippen molar-refractivity contribution in [1.29, 1.82) is 0 Å². The van der Waals surface area contributed by atoms with Crippen LogP contribution in [0.4, 0.5) is 13.2 Å². The Morgan fingerprint density at radius 3 is 2.36 bits per heavy atom. The Labute approximate surface area is 207 Å². The Bertz CT molecular complexity index is 1460. The minimum absolute atomic E-state index is 0.0979. The summed E-state index contributed by atoms with van der Waals surface area (Å²) in [5.74, 6) is -0.609. The Hall–Kier alpha value is -4.18. The molecule has 36 heavy (non-hydrogen) atoms. The molecule has 0 aliphatic rings. The molecule has 0 aliphatic carbocycles. The van der Waals surface area contributed by atoms with Gasteiger partial charge in [-0.2, -0.15) is 23.0 Å². The maximum Gasteiger partial charge on any atom is 0.417 e. The van der Waals surface area contributed by atoms with Crippen molar-refractivity contribution in [3.63, 3.8) is 0 Å². The molecule has 11 heteroatoms. The standard InChI is InChI=1S/C25H17ClF3N3O4/c1-35-24(34)23-21(13-22(33)32(31-23)17-5-3-2-4-6-17)36-18-9-7-15(8-10-18)11-20-19(26)12-16(14-30-20)25(27,28)29/h2-10,12-14H,11H2,1H3. The number of para-hydroxylation sites is 1. The van der Waals surface area contributed by atoms with E-state index < -0.39 is 23.3 Å². The largest absolute Gasteiger partial charge is 0.464 e. The Balaban J connectivity index is 1.57. The average molecular weight is 516 g/mol. The third kappa shape index (κ3) is 5.55. The monoisotopic (exact) mass is 515 g/mol. The van der Waals surface area contributed by atoms with Crippen LogP contribution in [0, 0.1) is 0 Å². The highest BCUT2D eigenvalue weighted by atomic mass is 35.5. The summed E-state index contributed by atoms with van der Waals surface area (Å²) in [4.78, 5) is 28.8. The van der Waals surface area contributed by atoms with Gasteiger partial charge in [-0.25, -0.2) is 4.79 Å². The van der Waals surface area contributed by atoms with Crippen molar-refractivity contribution in [3.8, 4) is 17.2 Å². The summed E-state index contributed by atoms with van der Waals surface area (Å²) in [6.07, 6.45) is -3.62. The van der Waals surface area contributed by atoms with Crippen molar-refractivity contribution >= 4 is 17.6 Å². The Morgan fingerprint density at radius 1 is 1.06 bits per heavy atom. The molecule has 4 rings (SSSR count). The van der Waals surface area contributed by atoms with Crippen LogP contribution in [0.1, 0.15) is 27.3 Å². The van der Waals surface area contributed by atoms with Crippen molar-refractivity contribution in [2.24, 2.45) is 0 Å². The number of benzene rings is 2. The fourth-order valence-corrected chi connectivity index (χ4v) is 3.49. The van der Waals surface area contributed by atoms with E-state index in [1.165, 1.54) is 7.11 Å². The fraction of sp³-hybridized carbons (Fsp3) is 0.120. The molecular weight excluding hydrogens is 499 g/mol. The second kappa shape index (κ2) is 10.2. The number of methoxy groups -OCH3 is 1. The molecule has 0 aliphatic heterocycles. The molecule has 7 nitrogen and oxygen atoms in total. The van der Waals surface area contributed by atoms with Crippen LogP contribution in [-0.4, -0.2) is 27.8 Å². The maximum absolute atomic E-state index is 12.8. The number of hydrogen-bond acceptors (Lipinski definition) is 6. The highest BCUT2D eigenvalue weighted by Gasteiger charge is 2.31. The van der Waals surface area contributed by atoms with Gasteiger partial charge in [-0.3, -0.25) is 9.78 Å². The minimum atomic E-state index is -4.53. The van der Waals surface area contributed by atoms with E-state index >= 15 is 0 Å². The highest BCUT2D eigenvalue weighted by molar-refractivity contribution is 6.31. The molecule has 0 radical (unpaired) electrons. The first kappa shape index (κ1) is 24.9. The van der Waals surface area contributed by atoms with Gasteiger partial charge in [0.15, 0.2) is 5.75 Å². The van der Waals surface area contributed by atoms with E-state index in [1.54, 1.807) is 54.6 Å². The minimum Gasteiger partial charge on any atom is -0.464 e. The van der Waals surface area contributed by atoms with E-state index in [4.69, 9.17) is 21.1 Å². The van der Waals surface area contributed by atoms with Crippen molar-refractivity contribution < 1.29 is 27.4 Å². The number of ether oxygens (including phenoxy) is 2. The lowest BCUT2D eigenvalue weighted by atomic mass is 10.1. The number of aromatic nitrogens is 3. The van der Waals surface area contributed by atoms with Gasteiger partial charge in [0.2, 0.25) is 5.69 Å². The number of rotatable bonds is 6. The van der Waals surface area contributed by atoms with Gasteiger partial charge >= 0.3 is 12.1 Å². The lowest BCUT2D eigenvalue weighted by molar-refractivity contribution is -0.137. The molecule has 0 amide bonds. The molecule has 2 aromatic heterocycles. The molecule has 0 bridgehead atoms. The van der Waals surface area contributed by atoms with E-state index in [0.29, 0.717) is 11.3 Å². The molecule has 0 unspecified atom stereocenters. The van der Waals surface area contributed by atoms with Gasteiger partial charge in [0, 0.05) is 12.6 Å². The number of esters is 1. The molecule has 184 valence electrons. The quantitative estimate of drug-likeness (QED) is 0.317. The van der Waals surface area contributed by atoms with Crippen LogP contribution in [0.25, 0.3) is 5.69 Å².